The van der Waals surface area contributed by atoms with Gasteiger partial charge in [0, 0.05) is 31.5 Å². The van der Waals surface area contributed by atoms with E-state index in [1.165, 1.54) is 4.90 Å². The monoisotopic (exact) mass is 252 g/mol. The fourth-order valence-corrected chi connectivity index (χ4v) is 1.41. The highest BCUT2D eigenvalue weighted by Crippen LogP contribution is 2.13. The Balaban J connectivity index is 2.69. The molecule has 5 nitrogen and oxygen atoms in total. The molecule has 0 spiro atoms. The molecule has 1 heterocycles. The number of pyridine rings is 1. The van der Waals surface area contributed by atoms with E-state index < -0.39 is 5.60 Å². The number of hydrogen-bond donors (Lipinski definition) is 1. The lowest BCUT2D eigenvalue weighted by molar-refractivity contribution is 0.0284. The van der Waals surface area contributed by atoms with Crippen molar-refractivity contribution in [1.29, 1.82) is 0 Å². The molecular weight excluding hydrogens is 232 g/mol. The standard InChI is InChI=1S/C13H20N2O3/c1-13(2,3)18-12(17)15(4)8-10-5-6-14-7-11(10)9-16/h5-7,16H,8-9H2,1-4H3. The third-order valence-electron chi connectivity index (χ3n) is 2.29. The highest BCUT2D eigenvalue weighted by molar-refractivity contribution is 5.67. The minimum absolute atomic E-state index is 0.0919. The molecule has 0 bridgehead atoms. The van der Waals surface area contributed by atoms with Crippen molar-refractivity contribution in [2.45, 2.75) is 39.5 Å². The molecule has 1 aromatic heterocycles. The average Bonchev–Trinajstić information content (AvgIpc) is 2.27. The van der Waals surface area contributed by atoms with Gasteiger partial charge >= 0.3 is 6.09 Å². The van der Waals surface area contributed by atoms with Crippen LogP contribution in [-0.4, -0.2) is 33.7 Å². The molecule has 0 radical (unpaired) electrons. The molecule has 0 aliphatic rings. The van der Waals surface area contributed by atoms with Gasteiger partial charge in [-0.05, 0) is 32.4 Å². The maximum Gasteiger partial charge on any atom is 0.410 e. The maximum absolute atomic E-state index is 11.8. The molecular formula is C13H20N2O3. The van der Waals surface area contributed by atoms with Crippen molar-refractivity contribution in [3.05, 3.63) is 29.6 Å². The summed E-state index contributed by atoms with van der Waals surface area (Å²) >= 11 is 0. The lowest BCUT2D eigenvalue weighted by atomic mass is 10.1. The summed E-state index contributed by atoms with van der Waals surface area (Å²) in [6, 6.07) is 1.78. The molecule has 0 unspecified atom stereocenters. The van der Waals surface area contributed by atoms with Gasteiger partial charge in [0.1, 0.15) is 5.60 Å². The first-order valence-electron chi connectivity index (χ1n) is 5.80. The Morgan fingerprint density at radius 1 is 1.44 bits per heavy atom. The molecule has 100 valence electrons. The van der Waals surface area contributed by atoms with Crippen LogP contribution in [0.4, 0.5) is 4.79 Å². The Hall–Kier alpha value is -1.62. The first-order chi connectivity index (χ1) is 8.33. The molecule has 18 heavy (non-hydrogen) atoms. The van der Waals surface area contributed by atoms with Crippen molar-refractivity contribution >= 4 is 6.09 Å². The summed E-state index contributed by atoms with van der Waals surface area (Å²) in [4.78, 5) is 17.2. The summed E-state index contributed by atoms with van der Waals surface area (Å²) in [5, 5.41) is 9.18. The predicted octanol–water partition coefficient (Wildman–Crippen LogP) is 1.94. The molecule has 1 amide bonds. The van der Waals surface area contributed by atoms with E-state index in [-0.39, 0.29) is 12.7 Å². The first kappa shape index (κ1) is 14.4. The summed E-state index contributed by atoms with van der Waals surface area (Å²) in [6.07, 6.45) is 2.85. The zero-order valence-corrected chi connectivity index (χ0v) is 11.3. The van der Waals surface area contributed by atoms with Crippen molar-refractivity contribution in [2.75, 3.05) is 7.05 Å². The molecule has 5 heteroatoms. The summed E-state index contributed by atoms with van der Waals surface area (Å²) in [7, 11) is 1.66. The molecule has 0 aromatic carbocycles. The lowest BCUT2D eigenvalue weighted by Gasteiger charge is -2.25. The van der Waals surface area contributed by atoms with Crippen molar-refractivity contribution < 1.29 is 14.6 Å². The van der Waals surface area contributed by atoms with Gasteiger partial charge in [0.05, 0.1) is 6.61 Å². The Kier molecular flexibility index (Phi) is 4.67. The predicted molar refractivity (Wildman–Crippen MR) is 67.9 cm³/mol. The van der Waals surface area contributed by atoms with Crippen molar-refractivity contribution in [3.8, 4) is 0 Å². The number of rotatable bonds is 3. The second-order valence-electron chi connectivity index (χ2n) is 5.14. The zero-order chi connectivity index (χ0) is 13.8. The highest BCUT2D eigenvalue weighted by atomic mass is 16.6. The van der Waals surface area contributed by atoms with Crippen LogP contribution in [0.2, 0.25) is 0 Å². The van der Waals surface area contributed by atoms with Crippen LogP contribution in [-0.2, 0) is 17.9 Å². The Bertz CT molecular complexity index is 413. The molecule has 0 atom stereocenters. The topological polar surface area (TPSA) is 62.7 Å². The van der Waals surface area contributed by atoms with Gasteiger partial charge in [-0.2, -0.15) is 0 Å². The number of nitrogens with zero attached hydrogens (tertiary/aromatic N) is 2. The van der Waals surface area contributed by atoms with E-state index in [4.69, 9.17) is 4.74 Å². The highest BCUT2D eigenvalue weighted by Gasteiger charge is 2.20. The second kappa shape index (κ2) is 5.82. The van der Waals surface area contributed by atoms with Crippen molar-refractivity contribution in [2.24, 2.45) is 0 Å². The molecule has 1 aromatic rings. The van der Waals surface area contributed by atoms with Crippen LogP contribution in [0.25, 0.3) is 0 Å². The molecule has 0 saturated heterocycles. The van der Waals surface area contributed by atoms with Gasteiger partial charge in [-0.3, -0.25) is 4.98 Å². The van der Waals surface area contributed by atoms with E-state index in [1.54, 1.807) is 25.5 Å². The van der Waals surface area contributed by atoms with Gasteiger partial charge in [0.2, 0.25) is 0 Å². The summed E-state index contributed by atoms with van der Waals surface area (Å²) in [5.41, 5.74) is 1.07. The maximum atomic E-state index is 11.8. The number of hydrogen-bond acceptors (Lipinski definition) is 4. The quantitative estimate of drug-likeness (QED) is 0.893. The number of aromatic nitrogens is 1. The van der Waals surface area contributed by atoms with E-state index in [9.17, 15) is 9.90 Å². The van der Waals surface area contributed by atoms with Crippen LogP contribution in [0, 0.1) is 0 Å². The second-order valence-corrected chi connectivity index (χ2v) is 5.14. The average molecular weight is 252 g/mol. The normalized spacial score (nSPS) is 11.2. The van der Waals surface area contributed by atoms with Crippen LogP contribution < -0.4 is 0 Å². The van der Waals surface area contributed by atoms with Crippen LogP contribution in [0.1, 0.15) is 31.9 Å². The summed E-state index contributed by atoms with van der Waals surface area (Å²) in [6.45, 7) is 5.76. The fraction of sp³-hybridized carbons (Fsp3) is 0.538. The number of amides is 1. The summed E-state index contributed by atoms with van der Waals surface area (Å²) < 4.78 is 5.25. The first-order valence-corrected chi connectivity index (χ1v) is 5.80. The van der Waals surface area contributed by atoms with E-state index in [1.807, 2.05) is 20.8 Å². The zero-order valence-electron chi connectivity index (χ0n) is 11.3. The van der Waals surface area contributed by atoms with Gasteiger partial charge in [-0.1, -0.05) is 0 Å². The van der Waals surface area contributed by atoms with Gasteiger partial charge in [0.15, 0.2) is 0 Å². The van der Waals surface area contributed by atoms with Crippen molar-refractivity contribution in [3.63, 3.8) is 0 Å². The largest absolute Gasteiger partial charge is 0.444 e. The molecule has 0 saturated carbocycles. The SMILES string of the molecule is CN(Cc1ccncc1CO)C(=O)OC(C)(C)C. The minimum Gasteiger partial charge on any atom is -0.444 e. The van der Waals surface area contributed by atoms with Crippen LogP contribution in [0.5, 0.6) is 0 Å². The fourth-order valence-electron chi connectivity index (χ4n) is 1.41. The number of aliphatic hydroxyl groups is 1. The smallest absolute Gasteiger partial charge is 0.410 e. The third kappa shape index (κ3) is 4.33. The van der Waals surface area contributed by atoms with E-state index in [0.717, 1.165) is 5.56 Å². The van der Waals surface area contributed by atoms with Gasteiger partial charge in [-0.15, -0.1) is 0 Å². The Labute approximate surface area is 107 Å². The van der Waals surface area contributed by atoms with E-state index >= 15 is 0 Å². The van der Waals surface area contributed by atoms with Crippen LogP contribution in [0.3, 0.4) is 0 Å². The van der Waals surface area contributed by atoms with Crippen LogP contribution in [0.15, 0.2) is 18.5 Å². The molecule has 0 aliphatic carbocycles. The molecule has 0 aliphatic heterocycles. The van der Waals surface area contributed by atoms with E-state index in [0.29, 0.717) is 12.1 Å². The summed E-state index contributed by atoms with van der Waals surface area (Å²) in [5.74, 6) is 0. The third-order valence-corrected chi connectivity index (χ3v) is 2.29. The minimum atomic E-state index is -0.511. The van der Waals surface area contributed by atoms with Gasteiger partial charge < -0.3 is 14.7 Å². The van der Waals surface area contributed by atoms with Crippen molar-refractivity contribution in [1.82, 2.24) is 9.88 Å². The Morgan fingerprint density at radius 2 is 2.11 bits per heavy atom. The lowest BCUT2D eigenvalue weighted by Crippen LogP contribution is -2.34. The molecule has 1 N–H and O–H groups in total. The molecule has 0 fully saturated rings. The number of carbonyl (C=O) groups excluding carboxylic acids is 1. The molecule has 1 rings (SSSR count). The number of carbonyl (C=O) groups is 1. The Morgan fingerprint density at radius 3 is 2.67 bits per heavy atom. The van der Waals surface area contributed by atoms with Gasteiger partial charge in [0.25, 0.3) is 0 Å². The number of aliphatic hydroxyl groups excluding tert-OH is 1. The van der Waals surface area contributed by atoms with E-state index in [2.05, 4.69) is 4.98 Å². The van der Waals surface area contributed by atoms with Gasteiger partial charge in [-0.25, -0.2) is 4.79 Å². The van der Waals surface area contributed by atoms with Crippen LogP contribution >= 0.6 is 0 Å². The number of ether oxygens (including phenoxy) is 1.